The number of hydrogen-bond donors (Lipinski definition) is 1. The van der Waals surface area contributed by atoms with Crippen LogP contribution in [0.4, 0.5) is 14.9 Å². The van der Waals surface area contributed by atoms with Crippen molar-refractivity contribution in [1.82, 2.24) is 4.90 Å². The van der Waals surface area contributed by atoms with Crippen molar-refractivity contribution >= 4 is 46.4 Å². The largest absolute Gasteiger partial charge is 0.322 e. The van der Waals surface area contributed by atoms with Gasteiger partial charge in [0, 0.05) is 28.9 Å². The van der Waals surface area contributed by atoms with Crippen LogP contribution in [0.25, 0.3) is 0 Å². The monoisotopic (exact) mass is 370 g/mol. The van der Waals surface area contributed by atoms with E-state index < -0.39 is 5.82 Å². The number of carbonyl (C=O) groups excluding carboxylic acids is 1. The molecule has 1 aromatic heterocycles. The van der Waals surface area contributed by atoms with Gasteiger partial charge in [0.1, 0.15) is 5.82 Å². The molecule has 0 saturated carbocycles. The van der Waals surface area contributed by atoms with Crippen LogP contribution in [0.2, 0.25) is 5.02 Å². The Labute approximate surface area is 147 Å². The highest BCUT2D eigenvalue weighted by Gasteiger charge is 2.30. The fraction of sp³-hybridized carbons (Fsp3) is 0.312. The Morgan fingerprint density at radius 3 is 2.96 bits per heavy atom. The summed E-state index contributed by atoms with van der Waals surface area (Å²) in [5, 5.41) is 5.16. The summed E-state index contributed by atoms with van der Waals surface area (Å²) in [7, 11) is 0. The van der Waals surface area contributed by atoms with Crippen LogP contribution in [0.1, 0.15) is 17.1 Å². The summed E-state index contributed by atoms with van der Waals surface area (Å²) in [4.78, 5) is 15.7. The lowest BCUT2D eigenvalue weighted by Gasteiger charge is -2.37. The zero-order valence-corrected chi connectivity index (χ0v) is 14.8. The van der Waals surface area contributed by atoms with E-state index in [-0.39, 0.29) is 17.1 Å². The maximum Gasteiger partial charge on any atom is 0.322 e. The third-order valence-electron chi connectivity index (χ3n) is 3.73. The normalized spacial score (nSPS) is 21.3. The summed E-state index contributed by atoms with van der Waals surface area (Å²) in [6.07, 6.45) is 0. The SMILES string of the molecule is C[C@@H]1CS[C@@H](c2cccs2)CN1C(=O)Nc1ccc(F)c(Cl)c1. The Morgan fingerprint density at radius 2 is 2.26 bits per heavy atom. The zero-order valence-electron chi connectivity index (χ0n) is 12.5. The van der Waals surface area contributed by atoms with E-state index in [9.17, 15) is 9.18 Å². The first kappa shape index (κ1) is 16.6. The third kappa shape index (κ3) is 3.82. The van der Waals surface area contributed by atoms with Crippen LogP contribution in [-0.2, 0) is 0 Å². The highest BCUT2D eigenvalue weighted by molar-refractivity contribution is 7.99. The molecule has 0 bridgehead atoms. The number of thioether (sulfide) groups is 1. The molecule has 2 heterocycles. The lowest BCUT2D eigenvalue weighted by atomic mass is 10.2. The van der Waals surface area contributed by atoms with Gasteiger partial charge in [0.25, 0.3) is 0 Å². The highest BCUT2D eigenvalue weighted by Crippen LogP contribution is 2.37. The van der Waals surface area contributed by atoms with Gasteiger partial charge in [-0.1, -0.05) is 17.7 Å². The van der Waals surface area contributed by atoms with Crippen LogP contribution in [0.3, 0.4) is 0 Å². The molecule has 3 rings (SSSR count). The van der Waals surface area contributed by atoms with Gasteiger partial charge < -0.3 is 10.2 Å². The summed E-state index contributed by atoms with van der Waals surface area (Å²) in [5.41, 5.74) is 0.500. The van der Waals surface area contributed by atoms with Gasteiger partial charge in [0.15, 0.2) is 0 Å². The molecule has 1 aromatic carbocycles. The number of halogens is 2. The first-order valence-electron chi connectivity index (χ1n) is 7.22. The second kappa shape index (κ2) is 7.11. The van der Waals surface area contributed by atoms with E-state index in [1.807, 2.05) is 29.7 Å². The van der Waals surface area contributed by atoms with E-state index in [2.05, 4.69) is 16.8 Å². The molecule has 1 aliphatic heterocycles. The highest BCUT2D eigenvalue weighted by atomic mass is 35.5. The summed E-state index contributed by atoms with van der Waals surface area (Å²) < 4.78 is 13.2. The van der Waals surface area contributed by atoms with Crippen molar-refractivity contribution in [2.45, 2.75) is 18.2 Å². The van der Waals surface area contributed by atoms with Gasteiger partial charge in [-0.3, -0.25) is 0 Å². The van der Waals surface area contributed by atoms with E-state index in [4.69, 9.17) is 11.6 Å². The van der Waals surface area contributed by atoms with Crippen molar-refractivity contribution in [2.24, 2.45) is 0 Å². The van der Waals surface area contributed by atoms with Crippen molar-refractivity contribution in [2.75, 3.05) is 17.6 Å². The summed E-state index contributed by atoms with van der Waals surface area (Å²) in [6, 6.07) is 8.29. The Morgan fingerprint density at radius 1 is 1.43 bits per heavy atom. The molecular weight excluding hydrogens is 355 g/mol. The number of nitrogens with one attached hydrogen (secondary N) is 1. The molecule has 0 unspecified atom stereocenters. The van der Waals surface area contributed by atoms with Gasteiger partial charge in [-0.15, -0.1) is 23.1 Å². The van der Waals surface area contributed by atoms with Crippen molar-refractivity contribution in [1.29, 1.82) is 0 Å². The fourth-order valence-electron chi connectivity index (χ4n) is 2.46. The molecule has 0 aliphatic carbocycles. The molecule has 122 valence electrons. The molecule has 1 saturated heterocycles. The maximum absolute atomic E-state index is 13.2. The van der Waals surface area contributed by atoms with Crippen LogP contribution in [0, 0.1) is 5.82 Å². The molecule has 23 heavy (non-hydrogen) atoms. The number of urea groups is 1. The standard InChI is InChI=1S/C16H16ClFN2OS2/c1-10-9-23-15(14-3-2-6-22-14)8-20(10)16(21)19-11-4-5-13(18)12(17)7-11/h2-7,10,15H,8-9H2,1H3,(H,19,21)/t10-,15-/m1/s1. The molecule has 1 fully saturated rings. The van der Waals surface area contributed by atoms with Gasteiger partial charge in [0.05, 0.1) is 10.3 Å². The number of benzene rings is 1. The molecule has 0 radical (unpaired) electrons. The van der Waals surface area contributed by atoms with Crippen LogP contribution in [0.5, 0.6) is 0 Å². The minimum absolute atomic E-state index is 0.00140. The zero-order chi connectivity index (χ0) is 16.4. The first-order valence-corrected chi connectivity index (χ1v) is 9.53. The van der Waals surface area contributed by atoms with Gasteiger partial charge in [-0.05, 0) is 36.6 Å². The Balaban J connectivity index is 1.70. The smallest absolute Gasteiger partial charge is 0.320 e. The summed E-state index contributed by atoms with van der Waals surface area (Å²) in [6.45, 7) is 2.70. The van der Waals surface area contributed by atoms with Crippen molar-refractivity contribution in [3.63, 3.8) is 0 Å². The number of amides is 2. The Hall–Kier alpha value is -1.24. The molecule has 3 nitrogen and oxygen atoms in total. The molecule has 2 amide bonds. The number of rotatable bonds is 2. The van der Waals surface area contributed by atoms with Gasteiger partial charge in [-0.25, -0.2) is 9.18 Å². The van der Waals surface area contributed by atoms with Crippen LogP contribution < -0.4 is 5.32 Å². The number of thiophene rings is 1. The van der Waals surface area contributed by atoms with Crippen molar-refractivity contribution in [3.05, 3.63) is 51.4 Å². The molecule has 2 atom stereocenters. The van der Waals surface area contributed by atoms with Crippen LogP contribution in [-0.4, -0.2) is 29.3 Å². The molecule has 0 spiro atoms. The lowest BCUT2D eigenvalue weighted by Crippen LogP contribution is -2.47. The fourth-order valence-corrected chi connectivity index (χ4v) is 4.90. The number of carbonyl (C=O) groups is 1. The van der Waals surface area contributed by atoms with Crippen LogP contribution >= 0.6 is 34.7 Å². The van der Waals surface area contributed by atoms with Crippen molar-refractivity contribution in [3.8, 4) is 0 Å². The maximum atomic E-state index is 13.2. The Bertz CT molecular complexity index is 695. The lowest BCUT2D eigenvalue weighted by molar-refractivity contribution is 0.196. The first-order chi connectivity index (χ1) is 11.0. The Kier molecular flexibility index (Phi) is 5.14. The molecule has 2 aromatic rings. The average molecular weight is 371 g/mol. The minimum Gasteiger partial charge on any atom is -0.320 e. The van der Waals surface area contributed by atoms with Gasteiger partial charge >= 0.3 is 6.03 Å². The quantitative estimate of drug-likeness (QED) is 0.782. The summed E-state index contributed by atoms with van der Waals surface area (Å²) in [5.74, 6) is 0.394. The minimum atomic E-state index is -0.495. The third-order valence-corrected chi connectivity index (χ3v) is 6.63. The van der Waals surface area contributed by atoms with Gasteiger partial charge in [0.2, 0.25) is 0 Å². The molecule has 1 aliphatic rings. The van der Waals surface area contributed by atoms with Crippen molar-refractivity contribution < 1.29 is 9.18 Å². The summed E-state index contributed by atoms with van der Waals surface area (Å²) >= 11 is 9.35. The predicted molar refractivity (Wildman–Crippen MR) is 96.1 cm³/mol. The van der Waals surface area contributed by atoms with Gasteiger partial charge in [-0.2, -0.15) is 0 Å². The number of hydrogen-bond acceptors (Lipinski definition) is 3. The molecule has 7 heteroatoms. The van der Waals surface area contributed by atoms with Crippen LogP contribution in [0.15, 0.2) is 35.7 Å². The topological polar surface area (TPSA) is 32.3 Å². The van der Waals surface area contributed by atoms with E-state index in [0.717, 1.165) is 5.75 Å². The second-order valence-electron chi connectivity index (χ2n) is 5.40. The average Bonchev–Trinajstić information content (AvgIpc) is 3.06. The molecule has 1 N–H and O–H groups in total. The van der Waals surface area contributed by atoms with E-state index in [1.54, 1.807) is 11.3 Å². The van der Waals surface area contributed by atoms with E-state index in [1.165, 1.54) is 23.1 Å². The second-order valence-corrected chi connectivity index (χ2v) is 8.02. The molecular formula is C16H16ClFN2OS2. The number of nitrogens with zero attached hydrogens (tertiary/aromatic N) is 1. The number of anilines is 1. The van der Waals surface area contributed by atoms with E-state index >= 15 is 0 Å². The van der Waals surface area contributed by atoms with E-state index in [0.29, 0.717) is 17.5 Å². The predicted octanol–water partition coefficient (Wildman–Crippen LogP) is 5.25.